The zero-order valence-electron chi connectivity index (χ0n) is 11.3. The number of halogens is 2. The van der Waals surface area contributed by atoms with E-state index < -0.39 is 0 Å². The summed E-state index contributed by atoms with van der Waals surface area (Å²) < 4.78 is 2.75. The highest BCUT2D eigenvalue weighted by Gasteiger charge is 2.15. The van der Waals surface area contributed by atoms with Gasteiger partial charge in [0, 0.05) is 30.4 Å². The molecule has 0 bridgehead atoms. The molecule has 0 spiro atoms. The van der Waals surface area contributed by atoms with Gasteiger partial charge in [0.15, 0.2) is 0 Å². The molecular weight excluding hydrogens is 342 g/mol. The van der Waals surface area contributed by atoms with E-state index in [2.05, 4.69) is 21.0 Å². The van der Waals surface area contributed by atoms with Gasteiger partial charge in [-0.1, -0.05) is 11.6 Å². The molecular formula is C14H15BrClN3O. The monoisotopic (exact) mass is 355 g/mol. The van der Waals surface area contributed by atoms with E-state index in [-0.39, 0.29) is 5.91 Å². The molecule has 4 nitrogen and oxygen atoms in total. The first kappa shape index (κ1) is 15.1. The van der Waals surface area contributed by atoms with Crippen LogP contribution >= 0.6 is 27.5 Å². The van der Waals surface area contributed by atoms with Crippen molar-refractivity contribution in [2.75, 3.05) is 7.05 Å². The molecule has 0 radical (unpaired) electrons. The quantitative estimate of drug-likeness (QED) is 0.839. The van der Waals surface area contributed by atoms with Crippen molar-refractivity contribution >= 4 is 33.4 Å². The molecule has 0 saturated heterocycles. The number of carbonyl (C=O) groups is 1. The van der Waals surface area contributed by atoms with Crippen LogP contribution in [0.1, 0.15) is 23.0 Å². The molecule has 106 valence electrons. The molecule has 2 aromatic rings. The van der Waals surface area contributed by atoms with Gasteiger partial charge in [0.25, 0.3) is 5.91 Å². The summed E-state index contributed by atoms with van der Waals surface area (Å²) >= 11 is 9.28. The Morgan fingerprint density at radius 1 is 1.40 bits per heavy atom. The summed E-state index contributed by atoms with van der Waals surface area (Å²) in [5.74, 6) is -0.0559. The van der Waals surface area contributed by atoms with Gasteiger partial charge in [-0.05, 0) is 47.1 Å². The molecule has 0 aliphatic carbocycles. The smallest absolute Gasteiger partial charge is 0.253 e. The third kappa shape index (κ3) is 3.41. The Hall–Kier alpha value is -1.33. The number of hydrogen-bond donors (Lipinski definition) is 0. The van der Waals surface area contributed by atoms with Gasteiger partial charge in [-0.25, -0.2) is 0 Å². The molecule has 1 aromatic heterocycles. The van der Waals surface area contributed by atoms with Crippen molar-refractivity contribution in [2.45, 2.75) is 20.0 Å². The SMILES string of the molecule is CCn1cc(Br)c(CN(C)C(=O)c2ccc(Cl)cc2)n1. The van der Waals surface area contributed by atoms with Gasteiger partial charge in [-0.2, -0.15) is 5.10 Å². The van der Waals surface area contributed by atoms with Crippen molar-refractivity contribution in [3.05, 3.63) is 51.2 Å². The van der Waals surface area contributed by atoms with E-state index in [4.69, 9.17) is 11.6 Å². The van der Waals surface area contributed by atoms with Crippen LogP contribution in [0.5, 0.6) is 0 Å². The fraction of sp³-hybridized carbons (Fsp3) is 0.286. The Morgan fingerprint density at radius 2 is 2.05 bits per heavy atom. The second-order valence-corrected chi connectivity index (χ2v) is 5.74. The molecule has 2 rings (SSSR count). The van der Waals surface area contributed by atoms with Crippen molar-refractivity contribution < 1.29 is 4.79 Å². The lowest BCUT2D eigenvalue weighted by molar-refractivity contribution is 0.0783. The van der Waals surface area contributed by atoms with Crippen LogP contribution in [0.4, 0.5) is 0 Å². The van der Waals surface area contributed by atoms with Gasteiger partial charge in [0.2, 0.25) is 0 Å². The van der Waals surface area contributed by atoms with Gasteiger partial charge >= 0.3 is 0 Å². The van der Waals surface area contributed by atoms with Gasteiger partial charge in [-0.3, -0.25) is 9.48 Å². The molecule has 1 amide bonds. The summed E-state index contributed by atoms with van der Waals surface area (Å²) in [5.41, 5.74) is 1.46. The fourth-order valence-corrected chi connectivity index (χ4v) is 2.38. The first-order chi connectivity index (χ1) is 9.51. The third-order valence-corrected chi connectivity index (χ3v) is 3.85. The summed E-state index contributed by atoms with van der Waals surface area (Å²) in [7, 11) is 1.76. The Kier molecular flexibility index (Phi) is 4.83. The summed E-state index contributed by atoms with van der Waals surface area (Å²) in [6.45, 7) is 3.27. The molecule has 1 heterocycles. The largest absolute Gasteiger partial charge is 0.336 e. The van der Waals surface area contributed by atoms with Crippen molar-refractivity contribution in [1.82, 2.24) is 14.7 Å². The third-order valence-electron chi connectivity index (χ3n) is 2.94. The first-order valence-electron chi connectivity index (χ1n) is 6.24. The van der Waals surface area contributed by atoms with Crippen LogP contribution < -0.4 is 0 Å². The Morgan fingerprint density at radius 3 is 2.60 bits per heavy atom. The van der Waals surface area contributed by atoms with E-state index in [1.165, 1.54) is 0 Å². The van der Waals surface area contributed by atoms with E-state index in [9.17, 15) is 4.79 Å². The van der Waals surface area contributed by atoms with Gasteiger partial charge in [0.1, 0.15) is 0 Å². The standard InChI is InChI=1S/C14H15BrClN3O/c1-3-19-8-12(15)13(17-19)9-18(2)14(20)10-4-6-11(16)7-5-10/h4-8H,3,9H2,1-2H3. The molecule has 0 saturated carbocycles. The topological polar surface area (TPSA) is 38.1 Å². The molecule has 0 N–H and O–H groups in total. The second kappa shape index (κ2) is 6.41. The average molecular weight is 357 g/mol. The molecule has 20 heavy (non-hydrogen) atoms. The van der Waals surface area contributed by atoms with Crippen LogP contribution in [-0.4, -0.2) is 27.6 Å². The average Bonchev–Trinajstić information content (AvgIpc) is 2.79. The van der Waals surface area contributed by atoms with Crippen LogP contribution in [0.25, 0.3) is 0 Å². The number of aryl methyl sites for hydroxylation is 1. The maximum Gasteiger partial charge on any atom is 0.253 e. The minimum Gasteiger partial charge on any atom is -0.336 e. The predicted octanol–water partition coefficient (Wildman–Crippen LogP) is 3.59. The Balaban J connectivity index is 2.10. The molecule has 1 aromatic carbocycles. The van der Waals surface area contributed by atoms with Crippen LogP contribution in [0.2, 0.25) is 5.02 Å². The van der Waals surface area contributed by atoms with Crippen molar-refractivity contribution in [1.29, 1.82) is 0 Å². The lowest BCUT2D eigenvalue weighted by atomic mass is 10.2. The molecule has 0 unspecified atom stereocenters. The highest BCUT2D eigenvalue weighted by Crippen LogP contribution is 2.18. The van der Waals surface area contributed by atoms with Crippen LogP contribution in [0.15, 0.2) is 34.9 Å². The van der Waals surface area contributed by atoms with Gasteiger partial charge in [0.05, 0.1) is 16.7 Å². The number of amides is 1. The van der Waals surface area contributed by atoms with Crippen LogP contribution in [0, 0.1) is 0 Å². The van der Waals surface area contributed by atoms with E-state index in [0.29, 0.717) is 17.1 Å². The summed E-state index contributed by atoms with van der Waals surface area (Å²) in [4.78, 5) is 13.9. The highest BCUT2D eigenvalue weighted by atomic mass is 79.9. The fourth-order valence-electron chi connectivity index (χ4n) is 1.82. The lowest BCUT2D eigenvalue weighted by Crippen LogP contribution is -2.26. The number of aromatic nitrogens is 2. The molecule has 6 heteroatoms. The number of hydrogen-bond acceptors (Lipinski definition) is 2. The van der Waals surface area contributed by atoms with E-state index in [1.807, 2.05) is 17.8 Å². The van der Waals surface area contributed by atoms with E-state index in [1.54, 1.807) is 36.2 Å². The molecule has 0 fully saturated rings. The number of carbonyl (C=O) groups excluding carboxylic acids is 1. The number of benzene rings is 1. The minimum absolute atomic E-state index is 0.0559. The molecule has 0 aliphatic rings. The predicted molar refractivity (Wildman–Crippen MR) is 82.9 cm³/mol. The summed E-state index contributed by atoms with van der Waals surface area (Å²) in [6, 6.07) is 6.87. The maximum absolute atomic E-state index is 12.3. The van der Waals surface area contributed by atoms with E-state index >= 15 is 0 Å². The Bertz CT molecular complexity index is 609. The van der Waals surface area contributed by atoms with Gasteiger partial charge in [-0.15, -0.1) is 0 Å². The second-order valence-electron chi connectivity index (χ2n) is 4.45. The minimum atomic E-state index is -0.0559. The van der Waals surface area contributed by atoms with Crippen molar-refractivity contribution in [3.8, 4) is 0 Å². The maximum atomic E-state index is 12.3. The van der Waals surface area contributed by atoms with Gasteiger partial charge < -0.3 is 4.90 Å². The van der Waals surface area contributed by atoms with E-state index in [0.717, 1.165) is 16.7 Å². The zero-order chi connectivity index (χ0) is 14.7. The summed E-state index contributed by atoms with van der Waals surface area (Å²) in [6.07, 6.45) is 1.91. The zero-order valence-corrected chi connectivity index (χ0v) is 13.6. The van der Waals surface area contributed by atoms with Crippen molar-refractivity contribution in [2.24, 2.45) is 0 Å². The van der Waals surface area contributed by atoms with Crippen LogP contribution in [-0.2, 0) is 13.1 Å². The number of nitrogens with zero attached hydrogens (tertiary/aromatic N) is 3. The lowest BCUT2D eigenvalue weighted by Gasteiger charge is -2.16. The number of rotatable bonds is 4. The summed E-state index contributed by atoms with van der Waals surface area (Å²) in [5, 5.41) is 5.03. The van der Waals surface area contributed by atoms with Crippen molar-refractivity contribution in [3.63, 3.8) is 0 Å². The highest BCUT2D eigenvalue weighted by molar-refractivity contribution is 9.10. The molecule has 0 aliphatic heterocycles. The Labute approximate surface area is 131 Å². The normalized spacial score (nSPS) is 10.6. The first-order valence-corrected chi connectivity index (χ1v) is 7.41. The molecule has 0 atom stereocenters. The van der Waals surface area contributed by atoms with Crippen LogP contribution in [0.3, 0.4) is 0 Å².